The van der Waals surface area contributed by atoms with Crippen molar-refractivity contribution in [3.63, 3.8) is 0 Å². The first-order valence-corrected chi connectivity index (χ1v) is 6.04. The fraction of sp³-hybridized carbons (Fsp3) is 0.385. The number of hydrogen-bond acceptors (Lipinski definition) is 2. The van der Waals surface area contributed by atoms with Crippen LogP contribution >= 0.6 is 0 Å². The number of imide groups is 1. The summed E-state index contributed by atoms with van der Waals surface area (Å²) in [6, 6.07) is 4.43. The van der Waals surface area contributed by atoms with Gasteiger partial charge in [0.25, 0.3) is 0 Å². The van der Waals surface area contributed by atoms with E-state index in [1.54, 1.807) is 6.92 Å². The molecule has 1 atom stereocenters. The number of amides is 3. The lowest BCUT2D eigenvalue weighted by Gasteiger charge is -2.31. The van der Waals surface area contributed by atoms with Crippen LogP contribution in [0.15, 0.2) is 24.3 Å². The van der Waals surface area contributed by atoms with Gasteiger partial charge in [-0.3, -0.25) is 10.1 Å². The Morgan fingerprint density at radius 3 is 2.60 bits per heavy atom. The zero-order chi connectivity index (χ0) is 14.9. The average Bonchev–Trinajstić information content (AvgIpc) is 2.35. The van der Waals surface area contributed by atoms with Crippen LogP contribution in [0.2, 0.25) is 0 Å². The van der Waals surface area contributed by atoms with E-state index in [-0.39, 0.29) is 18.7 Å². The highest BCUT2D eigenvalue weighted by molar-refractivity contribution is 5.97. The molecule has 3 amide bonds. The lowest BCUT2D eigenvalue weighted by atomic mass is 10.0. The van der Waals surface area contributed by atoms with E-state index >= 15 is 0 Å². The SMILES string of the molecule is CC1CN(Cc2ccccc2C(F)(F)F)C(=O)NC1=O. The number of nitrogens with zero attached hydrogens (tertiary/aromatic N) is 1. The monoisotopic (exact) mass is 286 g/mol. The van der Waals surface area contributed by atoms with Gasteiger partial charge in [0.05, 0.1) is 11.5 Å². The van der Waals surface area contributed by atoms with Crippen molar-refractivity contribution in [1.82, 2.24) is 10.2 Å². The summed E-state index contributed by atoms with van der Waals surface area (Å²) in [5, 5.41) is 2.12. The summed E-state index contributed by atoms with van der Waals surface area (Å²) in [5.74, 6) is -0.846. The molecule has 1 aromatic carbocycles. The number of nitrogens with one attached hydrogen (secondary N) is 1. The first-order chi connectivity index (χ1) is 9.29. The van der Waals surface area contributed by atoms with Gasteiger partial charge in [-0.2, -0.15) is 13.2 Å². The quantitative estimate of drug-likeness (QED) is 0.907. The normalized spacial score (nSPS) is 20.0. The maximum Gasteiger partial charge on any atom is 0.416 e. The van der Waals surface area contributed by atoms with E-state index in [2.05, 4.69) is 5.32 Å². The third kappa shape index (κ3) is 2.92. The molecule has 1 heterocycles. The fourth-order valence-electron chi connectivity index (χ4n) is 2.08. The minimum atomic E-state index is -4.47. The Hall–Kier alpha value is -2.05. The minimum absolute atomic E-state index is 0.0108. The Morgan fingerprint density at radius 1 is 1.30 bits per heavy atom. The Labute approximate surface area is 113 Å². The molecule has 20 heavy (non-hydrogen) atoms. The number of rotatable bonds is 2. The number of carbonyl (C=O) groups excluding carboxylic acids is 2. The molecule has 4 nitrogen and oxygen atoms in total. The van der Waals surface area contributed by atoms with Crippen LogP contribution in [-0.2, 0) is 17.5 Å². The number of alkyl halides is 3. The van der Waals surface area contributed by atoms with Crippen molar-refractivity contribution in [3.05, 3.63) is 35.4 Å². The molecule has 7 heteroatoms. The van der Waals surface area contributed by atoms with Gasteiger partial charge in [0.2, 0.25) is 5.91 Å². The van der Waals surface area contributed by atoms with Crippen LogP contribution in [0.1, 0.15) is 18.1 Å². The molecule has 0 spiro atoms. The summed E-state index contributed by atoms with van der Waals surface area (Å²) < 4.78 is 38.6. The van der Waals surface area contributed by atoms with E-state index in [1.807, 2.05) is 0 Å². The van der Waals surface area contributed by atoms with Crippen molar-refractivity contribution >= 4 is 11.9 Å². The Balaban J connectivity index is 2.22. The predicted molar refractivity (Wildman–Crippen MR) is 64.6 cm³/mol. The molecular formula is C13H13F3N2O2. The highest BCUT2D eigenvalue weighted by atomic mass is 19.4. The van der Waals surface area contributed by atoms with E-state index < -0.39 is 29.6 Å². The predicted octanol–water partition coefficient (Wildman–Crippen LogP) is 2.39. The van der Waals surface area contributed by atoms with Crippen molar-refractivity contribution in [2.45, 2.75) is 19.6 Å². The van der Waals surface area contributed by atoms with E-state index in [4.69, 9.17) is 0 Å². The van der Waals surface area contributed by atoms with Crippen molar-refractivity contribution in [1.29, 1.82) is 0 Å². The summed E-state index contributed by atoms with van der Waals surface area (Å²) in [6.07, 6.45) is -4.47. The Morgan fingerprint density at radius 2 is 1.95 bits per heavy atom. The lowest BCUT2D eigenvalue weighted by Crippen LogP contribution is -2.53. The molecule has 0 aliphatic carbocycles. The number of hydrogen-bond donors (Lipinski definition) is 1. The van der Waals surface area contributed by atoms with Gasteiger partial charge in [-0.25, -0.2) is 4.79 Å². The third-order valence-electron chi connectivity index (χ3n) is 3.14. The Kier molecular flexibility index (Phi) is 3.69. The molecule has 1 fully saturated rings. The smallest absolute Gasteiger partial charge is 0.319 e. The van der Waals surface area contributed by atoms with Gasteiger partial charge >= 0.3 is 12.2 Å². The van der Waals surface area contributed by atoms with E-state index in [0.717, 1.165) is 6.07 Å². The van der Waals surface area contributed by atoms with Crippen molar-refractivity contribution in [2.75, 3.05) is 6.54 Å². The molecule has 1 unspecified atom stereocenters. The van der Waals surface area contributed by atoms with Crippen LogP contribution in [0.25, 0.3) is 0 Å². The summed E-state index contributed by atoms with van der Waals surface area (Å²) in [6.45, 7) is 1.54. The van der Waals surface area contributed by atoms with Gasteiger partial charge in [0.1, 0.15) is 0 Å². The molecule has 1 aliphatic rings. The number of benzene rings is 1. The van der Waals surface area contributed by atoms with Gasteiger partial charge in [0.15, 0.2) is 0 Å². The molecule has 1 N–H and O–H groups in total. The van der Waals surface area contributed by atoms with E-state index in [9.17, 15) is 22.8 Å². The fourth-order valence-corrected chi connectivity index (χ4v) is 2.08. The second kappa shape index (κ2) is 5.15. The van der Waals surface area contributed by atoms with E-state index in [1.165, 1.54) is 23.1 Å². The van der Waals surface area contributed by atoms with Crippen LogP contribution in [0.4, 0.5) is 18.0 Å². The first kappa shape index (κ1) is 14.4. The van der Waals surface area contributed by atoms with Crippen LogP contribution in [0.3, 0.4) is 0 Å². The van der Waals surface area contributed by atoms with Gasteiger partial charge in [0, 0.05) is 13.1 Å². The van der Waals surface area contributed by atoms with Gasteiger partial charge < -0.3 is 4.90 Å². The molecule has 1 saturated heterocycles. The average molecular weight is 286 g/mol. The maximum absolute atomic E-state index is 12.9. The van der Waals surface area contributed by atoms with Crippen molar-refractivity contribution in [2.24, 2.45) is 5.92 Å². The standard InChI is InChI=1S/C13H13F3N2O2/c1-8-6-18(12(20)17-11(8)19)7-9-4-2-3-5-10(9)13(14,15)16/h2-5,8H,6-7H2,1H3,(H,17,19,20). The zero-order valence-corrected chi connectivity index (χ0v) is 10.7. The summed E-state index contributed by atoms with van der Waals surface area (Å²) in [5.41, 5.74) is -0.756. The molecule has 1 aromatic rings. The molecule has 0 radical (unpaired) electrons. The largest absolute Gasteiger partial charge is 0.416 e. The van der Waals surface area contributed by atoms with Crippen LogP contribution in [0, 0.1) is 5.92 Å². The van der Waals surface area contributed by atoms with E-state index in [0.29, 0.717) is 0 Å². The molecule has 1 aliphatic heterocycles. The van der Waals surface area contributed by atoms with Crippen LogP contribution in [0.5, 0.6) is 0 Å². The molecule has 0 saturated carbocycles. The van der Waals surface area contributed by atoms with Crippen molar-refractivity contribution in [3.8, 4) is 0 Å². The van der Waals surface area contributed by atoms with Crippen molar-refractivity contribution < 1.29 is 22.8 Å². The zero-order valence-electron chi connectivity index (χ0n) is 10.7. The van der Waals surface area contributed by atoms with Crippen LogP contribution < -0.4 is 5.32 Å². The van der Waals surface area contributed by atoms with Gasteiger partial charge in [-0.05, 0) is 11.6 Å². The van der Waals surface area contributed by atoms with Gasteiger partial charge in [-0.1, -0.05) is 25.1 Å². The number of urea groups is 1. The molecule has 0 aromatic heterocycles. The topological polar surface area (TPSA) is 49.4 Å². The second-order valence-electron chi connectivity index (χ2n) is 4.73. The maximum atomic E-state index is 12.9. The highest BCUT2D eigenvalue weighted by Crippen LogP contribution is 2.32. The molecule has 108 valence electrons. The summed E-state index contributed by atoms with van der Waals surface area (Å²) in [7, 11) is 0. The third-order valence-corrected chi connectivity index (χ3v) is 3.14. The molecule has 2 rings (SSSR count). The second-order valence-corrected chi connectivity index (χ2v) is 4.73. The van der Waals surface area contributed by atoms with Crippen LogP contribution in [-0.4, -0.2) is 23.4 Å². The molecular weight excluding hydrogens is 273 g/mol. The van der Waals surface area contributed by atoms with Gasteiger partial charge in [-0.15, -0.1) is 0 Å². The number of halogens is 3. The molecule has 0 bridgehead atoms. The minimum Gasteiger partial charge on any atom is -0.319 e. The highest BCUT2D eigenvalue weighted by Gasteiger charge is 2.35. The Bertz CT molecular complexity index is 543. The lowest BCUT2D eigenvalue weighted by molar-refractivity contribution is -0.138. The summed E-state index contributed by atoms with van der Waals surface area (Å²) in [4.78, 5) is 24.1. The summed E-state index contributed by atoms with van der Waals surface area (Å²) >= 11 is 0. The first-order valence-electron chi connectivity index (χ1n) is 6.04. The number of carbonyl (C=O) groups is 2.